The van der Waals surface area contributed by atoms with Gasteiger partial charge in [0.05, 0.1) is 17.9 Å². The van der Waals surface area contributed by atoms with E-state index in [1.54, 1.807) is 23.4 Å². The normalized spacial score (nSPS) is 18.7. The second-order valence-electron chi connectivity index (χ2n) is 9.26. The molecule has 2 amide bonds. The van der Waals surface area contributed by atoms with Gasteiger partial charge in [0, 0.05) is 62.7 Å². The average molecular weight is 496 g/mol. The van der Waals surface area contributed by atoms with E-state index in [1.807, 2.05) is 17.0 Å². The molecule has 5 rings (SSSR count). The fraction of sp³-hybridized carbons (Fsp3) is 0.440. The van der Waals surface area contributed by atoms with Crippen LogP contribution >= 0.6 is 11.6 Å². The molecule has 2 N–H and O–H groups in total. The predicted molar refractivity (Wildman–Crippen MR) is 136 cm³/mol. The van der Waals surface area contributed by atoms with Gasteiger partial charge in [-0.25, -0.2) is 9.97 Å². The maximum Gasteiger partial charge on any atom is 0.246 e. The van der Waals surface area contributed by atoms with E-state index < -0.39 is 0 Å². The third kappa shape index (κ3) is 5.41. The summed E-state index contributed by atoms with van der Waals surface area (Å²) in [5.74, 6) is 1.00. The fourth-order valence-corrected chi connectivity index (χ4v) is 4.96. The molecule has 0 unspecified atom stereocenters. The lowest BCUT2D eigenvalue weighted by Gasteiger charge is -2.47. The summed E-state index contributed by atoms with van der Waals surface area (Å²) >= 11 is 6.56. The Morgan fingerprint density at radius 1 is 1.06 bits per heavy atom. The van der Waals surface area contributed by atoms with Crippen LogP contribution in [0.5, 0.6) is 0 Å². The molecule has 184 valence electrons. The first-order chi connectivity index (χ1) is 17.0. The van der Waals surface area contributed by atoms with E-state index in [1.165, 1.54) is 6.08 Å². The zero-order valence-corrected chi connectivity index (χ0v) is 20.4. The van der Waals surface area contributed by atoms with Crippen LogP contribution in [0, 0.1) is 0 Å². The zero-order chi connectivity index (χ0) is 24.4. The number of halogens is 1. The molecule has 3 aliphatic rings. The molecular weight excluding hydrogens is 466 g/mol. The third-order valence-electron chi connectivity index (χ3n) is 6.93. The van der Waals surface area contributed by atoms with Gasteiger partial charge in [0.15, 0.2) is 0 Å². The summed E-state index contributed by atoms with van der Waals surface area (Å²) in [5, 5.41) is 7.25. The smallest absolute Gasteiger partial charge is 0.246 e. The van der Waals surface area contributed by atoms with Crippen molar-refractivity contribution in [3.8, 4) is 0 Å². The number of carbonyl (C=O) groups is 2. The monoisotopic (exact) mass is 495 g/mol. The molecule has 2 aliphatic heterocycles. The second kappa shape index (κ2) is 10.2. The lowest BCUT2D eigenvalue weighted by molar-refractivity contribution is -0.135. The number of aromatic nitrogens is 2. The van der Waals surface area contributed by atoms with Crippen LogP contribution in [0.25, 0.3) is 0 Å². The van der Waals surface area contributed by atoms with Crippen molar-refractivity contribution < 1.29 is 9.59 Å². The Balaban J connectivity index is 1.18. The summed E-state index contributed by atoms with van der Waals surface area (Å²) in [4.78, 5) is 39.2. The quantitative estimate of drug-likeness (QED) is 0.544. The summed E-state index contributed by atoms with van der Waals surface area (Å²) in [5.41, 5.74) is 2.67. The molecule has 3 fully saturated rings. The Morgan fingerprint density at radius 3 is 2.43 bits per heavy atom. The predicted octanol–water partition coefficient (Wildman–Crippen LogP) is 2.70. The molecule has 1 aliphatic carbocycles. The highest BCUT2D eigenvalue weighted by Gasteiger charge is 2.35. The SMILES string of the molecule is C=CC(=O)N1CC(N2CCN(C(=O)CNc3cc(C4CC4)c(Cl)cc3Nc3ncccn3)CC2)C1. The van der Waals surface area contributed by atoms with Crippen LogP contribution in [-0.4, -0.2) is 88.3 Å². The third-order valence-corrected chi connectivity index (χ3v) is 7.26. The Labute approximate surface area is 210 Å². The molecule has 3 heterocycles. The second-order valence-corrected chi connectivity index (χ2v) is 9.67. The number of benzene rings is 1. The van der Waals surface area contributed by atoms with E-state index >= 15 is 0 Å². The molecule has 2 aromatic rings. The number of hydrogen-bond acceptors (Lipinski definition) is 7. The highest BCUT2D eigenvalue weighted by Crippen LogP contribution is 2.46. The lowest BCUT2D eigenvalue weighted by atomic mass is 10.1. The van der Waals surface area contributed by atoms with Gasteiger partial charge in [0.1, 0.15) is 0 Å². The van der Waals surface area contributed by atoms with Gasteiger partial charge in [-0.3, -0.25) is 14.5 Å². The van der Waals surface area contributed by atoms with E-state index in [2.05, 4.69) is 32.1 Å². The van der Waals surface area contributed by atoms with Gasteiger partial charge in [0.25, 0.3) is 0 Å². The minimum absolute atomic E-state index is 0.0131. The fourth-order valence-electron chi connectivity index (χ4n) is 4.65. The van der Waals surface area contributed by atoms with Crippen molar-refractivity contribution in [2.45, 2.75) is 24.8 Å². The number of piperazine rings is 1. The maximum atomic E-state index is 13.0. The molecular formula is C25H30ClN7O2. The first kappa shape index (κ1) is 23.6. The van der Waals surface area contributed by atoms with Crippen molar-refractivity contribution in [2.24, 2.45) is 0 Å². The van der Waals surface area contributed by atoms with Gasteiger partial charge < -0.3 is 20.4 Å². The zero-order valence-electron chi connectivity index (χ0n) is 19.6. The van der Waals surface area contributed by atoms with Gasteiger partial charge in [0.2, 0.25) is 17.8 Å². The highest BCUT2D eigenvalue weighted by atomic mass is 35.5. The van der Waals surface area contributed by atoms with E-state index in [0.717, 1.165) is 56.0 Å². The van der Waals surface area contributed by atoms with Crippen LogP contribution in [0.15, 0.2) is 43.2 Å². The van der Waals surface area contributed by atoms with E-state index in [-0.39, 0.29) is 18.4 Å². The number of hydrogen-bond donors (Lipinski definition) is 2. The molecule has 10 heteroatoms. The minimum Gasteiger partial charge on any atom is -0.374 e. The van der Waals surface area contributed by atoms with E-state index in [9.17, 15) is 9.59 Å². The first-order valence-electron chi connectivity index (χ1n) is 12.1. The van der Waals surface area contributed by atoms with Gasteiger partial charge in [-0.05, 0) is 48.6 Å². The first-order valence-corrected chi connectivity index (χ1v) is 12.4. The Morgan fingerprint density at radius 2 is 1.77 bits per heavy atom. The Kier molecular flexibility index (Phi) is 6.88. The van der Waals surface area contributed by atoms with Gasteiger partial charge in [-0.1, -0.05) is 18.2 Å². The van der Waals surface area contributed by atoms with Gasteiger partial charge in [-0.15, -0.1) is 0 Å². The highest BCUT2D eigenvalue weighted by molar-refractivity contribution is 6.32. The number of likely N-dealkylation sites (tertiary alicyclic amines) is 1. The van der Waals surface area contributed by atoms with Gasteiger partial charge >= 0.3 is 0 Å². The summed E-state index contributed by atoms with van der Waals surface area (Å²) in [7, 11) is 0. The van der Waals surface area contributed by atoms with Crippen molar-refractivity contribution in [3.63, 3.8) is 0 Å². The Bertz CT molecular complexity index is 1090. The molecule has 1 aromatic carbocycles. The molecule has 0 bridgehead atoms. The molecule has 2 saturated heterocycles. The summed E-state index contributed by atoms with van der Waals surface area (Å²) in [6, 6.07) is 6.06. The number of rotatable bonds is 8. The number of amides is 2. The van der Waals surface area contributed by atoms with Crippen LogP contribution in [0.2, 0.25) is 5.02 Å². The largest absolute Gasteiger partial charge is 0.374 e. The number of anilines is 3. The number of nitrogens with one attached hydrogen (secondary N) is 2. The molecule has 9 nitrogen and oxygen atoms in total. The van der Waals surface area contributed by atoms with Crippen molar-refractivity contribution in [3.05, 3.63) is 53.8 Å². The number of nitrogens with zero attached hydrogens (tertiary/aromatic N) is 5. The van der Waals surface area contributed by atoms with Crippen LogP contribution in [-0.2, 0) is 9.59 Å². The summed E-state index contributed by atoms with van der Waals surface area (Å²) in [6.07, 6.45) is 6.98. The van der Waals surface area contributed by atoms with E-state index in [4.69, 9.17) is 11.6 Å². The maximum absolute atomic E-state index is 13.0. The molecule has 0 radical (unpaired) electrons. The number of carbonyl (C=O) groups excluding carboxylic acids is 2. The average Bonchev–Trinajstić information content (AvgIpc) is 3.69. The van der Waals surface area contributed by atoms with Crippen LogP contribution in [0.1, 0.15) is 24.3 Å². The minimum atomic E-state index is -0.0131. The molecule has 0 atom stereocenters. The van der Waals surface area contributed by atoms with E-state index in [0.29, 0.717) is 36.0 Å². The summed E-state index contributed by atoms with van der Waals surface area (Å²) < 4.78 is 0. The van der Waals surface area contributed by atoms with Crippen molar-refractivity contribution >= 4 is 40.7 Å². The van der Waals surface area contributed by atoms with Crippen molar-refractivity contribution in [1.82, 2.24) is 24.7 Å². The Hall–Kier alpha value is -3.17. The van der Waals surface area contributed by atoms with Crippen LogP contribution in [0.3, 0.4) is 0 Å². The lowest BCUT2D eigenvalue weighted by Crippen LogP contribution is -2.64. The molecule has 0 spiro atoms. The van der Waals surface area contributed by atoms with Crippen molar-refractivity contribution in [2.75, 3.05) is 56.4 Å². The topological polar surface area (TPSA) is 93.7 Å². The molecule has 1 aromatic heterocycles. The standard InChI is InChI=1S/C25H30ClN7O2/c1-2-23(34)33-15-18(16-33)31-8-10-32(11-9-31)24(35)14-29-21-12-19(17-4-5-17)20(26)13-22(21)30-25-27-6-3-7-28-25/h2-3,6-7,12-13,17-18,29H,1,4-5,8-11,14-16H2,(H,27,28,30). The summed E-state index contributed by atoms with van der Waals surface area (Å²) in [6.45, 7) is 8.22. The van der Waals surface area contributed by atoms with Crippen molar-refractivity contribution in [1.29, 1.82) is 0 Å². The molecule has 35 heavy (non-hydrogen) atoms. The van der Waals surface area contributed by atoms with Crippen LogP contribution in [0.4, 0.5) is 17.3 Å². The van der Waals surface area contributed by atoms with Gasteiger partial charge in [-0.2, -0.15) is 0 Å². The van der Waals surface area contributed by atoms with Crippen LogP contribution < -0.4 is 10.6 Å². The molecule has 1 saturated carbocycles.